The molecule has 1 aromatic carbocycles. The smallest absolute Gasteiger partial charge is 0.255 e. The van der Waals surface area contributed by atoms with E-state index in [0.717, 1.165) is 5.76 Å². The highest BCUT2D eigenvalue weighted by Gasteiger charge is 2.15. The van der Waals surface area contributed by atoms with Crippen molar-refractivity contribution in [3.63, 3.8) is 0 Å². The van der Waals surface area contributed by atoms with E-state index in [-0.39, 0.29) is 24.4 Å². The molecule has 0 aliphatic carbocycles. The first kappa shape index (κ1) is 17.6. The molecule has 2 rings (SSSR count). The van der Waals surface area contributed by atoms with E-state index in [4.69, 9.17) is 9.15 Å². The van der Waals surface area contributed by atoms with Gasteiger partial charge in [-0.3, -0.25) is 9.59 Å². The Morgan fingerprint density at radius 1 is 1.21 bits per heavy atom. The maximum absolute atomic E-state index is 12.2. The number of para-hydroxylation sites is 1. The zero-order valence-corrected chi connectivity index (χ0v) is 14.1. The molecule has 24 heavy (non-hydrogen) atoms. The number of amides is 2. The van der Waals surface area contributed by atoms with Gasteiger partial charge in [0.15, 0.2) is 0 Å². The summed E-state index contributed by atoms with van der Waals surface area (Å²) in [6, 6.07) is 10.3. The molecule has 0 bridgehead atoms. The fourth-order valence-corrected chi connectivity index (χ4v) is 2.24. The highest BCUT2D eigenvalue weighted by Crippen LogP contribution is 2.18. The molecule has 1 atom stereocenters. The van der Waals surface area contributed by atoms with Gasteiger partial charge in [-0.1, -0.05) is 12.1 Å². The summed E-state index contributed by atoms with van der Waals surface area (Å²) in [7, 11) is 0. The van der Waals surface area contributed by atoms with Crippen LogP contribution in [0.15, 0.2) is 40.8 Å². The van der Waals surface area contributed by atoms with Crippen molar-refractivity contribution in [1.82, 2.24) is 10.6 Å². The SMILES string of the molecule is CCOc1ccccc1C(=O)NCC(=O)NC(C)c1ccc(C)o1. The number of hydrogen-bond acceptors (Lipinski definition) is 4. The zero-order chi connectivity index (χ0) is 17.5. The lowest BCUT2D eigenvalue weighted by atomic mass is 10.2. The number of hydrogen-bond donors (Lipinski definition) is 2. The summed E-state index contributed by atoms with van der Waals surface area (Å²) >= 11 is 0. The average molecular weight is 330 g/mol. The third-order valence-electron chi connectivity index (χ3n) is 3.41. The number of rotatable bonds is 7. The van der Waals surface area contributed by atoms with Gasteiger partial charge in [-0.2, -0.15) is 0 Å². The standard InChI is InChI=1S/C18H22N2O4/c1-4-23-16-8-6-5-7-14(16)18(22)19-11-17(21)20-13(3)15-10-9-12(2)24-15/h5-10,13H,4,11H2,1-3H3,(H,19,22)(H,20,21). The maximum Gasteiger partial charge on any atom is 0.255 e. The van der Waals surface area contributed by atoms with Crippen molar-refractivity contribution in [2.75, 3.05) is 13.2 Å². The molecule has 128 valence electrons. The number of benzene rings is 1. The summed E-state index contributed by atoms with van der Waals surface area (Å²) in [5, 5.41) is 5.38. The van der Waals surface area contributed by atoms with Crippen molar-refractivity contribution in [1.29, 1.82) is 0 Å². The second-order valence-corrected chi connectivity index (χ2v) is 5.35. The number of nitrogens with one attached hydrogen (secondary N) is 2. The number of furan rings is 1. The summed E-state index contributed by atoms with van der Waals surface area (Å²) in [5.74, 6) is 1.31. The summed E-state index contributed by atoms with van der Waals surface area (Å²) in [6.45, 7) is 5.85. The minimum atomic E-state index is -0.351. The van der Waals surface area contributed by atoms with E-state index in [9.17, 15) is 9.59 Å². The molecular formula is C18H22N2O4. The molecule has 6 nitrogen and oxygen atoms in total. The lowest BCUT2D eigenvalue weighted by Gasteiger charge is -2.13. The number of ether oxygens (including phenoxy) is 1. The molecule has 0 spiro atoms. The van der Waals surface area contributed by atoms with Gasteiger partial charge in [0.2, 0.25) is 5.91 Å². The number of carbonyl (C=O) groups excluding carboxylic acids is 2. The highest BCUT2D eigenvalue weighted by molar-refractivity contribution is 5.98. The van der Waals surface area contributed by atoms with Crippen LogP contribution in [0.5, 0.6) is 5.75 Å². The molecule has 0 aliphatic rings. The minimum absolute atomic E-state index is 0.122. The van der Waals surface area contributed by atoms with Crippen LogP contribution >= 0.6 is 0 Å². The van der Waals surface area contributed by atoms with Crippen molar-refractivity contribution in [3.05, 3.63) is 53.5 Å². The van der Waals surface area contributed by atoms with Crippen LogP contribution in [0.2, 0.25) is 0 Å². The predicted octanol–water partition coefficient (Wildman–Crippen LogP) is 2.59. The highest BCUT2D eigenvalue weighted by atomic mass is 16.5. The maximum atomic E-state index is 12.2. The van der Waals surface area contributed by atoms with Crippen LogP contribution in [0.1, 0.15) is 41.8 Å². The van der Waals surface area contributed by atoms with Gasteiger partial charge in [-0.25, -0.2) is 0 Å². The van der Waals surface area contributed by atoms with Crippen molar-refractivity contribution >= 4 is 11.8 Å². The minimum Gasteiger partial charge on any atom is -0.493 e. The molecular weight excluding hydrogens is 308 g/mol. The van der Waals surface area contributed by atoms with Crippen LogP contribution in [-0.4, -0.2) is 25.0 Å². The summed E-state index contributed by atoms with van der Waals surface area (Å²) in [4.78, 5) is 24.2. The molecule has 0 saturated carbocycles. The fraction of sp³-hybridized carbons (Fsp3) is 0.333. The first-order chi connectivity index (χ1) is 11.5. The van der Waals surface area contributed by atoms with E-state index < -0.39 is 0 Å². The average Bonchev–Trinajstić information content (AvgIpc) is 3.00. The molecule has 2 aromatic rings. The van der Waals surface area contributed by atoms with Gasteiger partial charge in [-0.05, 0) is 45.0 Å². The van der Waals surface area contributed by atoms with E-state index in [1.807, 2.05) is 32.9 Å². The Morgan fingerprint density at radius 2 is 1.96 bits per heavy atom. The van der Waals surface area contributed by atoms with Gasteiger partial charge >= 0.3 is 0 Å². The van der Waals surface area contributed by atoms with Crippen LogP contribution in [0.4, 0.5) is 0 Å². The Kier molecular flexibility index (Phi) is 6.01. The Labute approximate surface area is 141 Å². The normalized spacial score (nSPS) is 11.6. The summed E-state index contributed by atoms with van der Waals surface area (Å²) in [5.41, 5.74) is 0.404. The Hall–Kier alpha value is -2.76. The largest absolute Gasteiger partial charge is 0.493 e. The van der Waals surface area contributed by atoms with Crippen LogP contribution in [-0.2, 0) is 4.79 Å². The topological polar surface area (TPSA) is 80.6 Å². The first-order valence-electron chi connectivity index (χ1n) is 7.87. The quantitative estimate of drug-likeness (QED) is 0.818. The van der Waals surface area contributed by atoms with Crippen molar-refractivity contribution < 1.29 is 18.7 Å². The fourth-order valence-electron chi connectivity index (χ4n) is 2.24. The van der Waals surface area contributed by atoms with Crippen molar-refractivity contribution in [2.45, 2.75) is 26.8 Å². The van der Waals surface area contributed by atoms with Crippen LogP contribution < -0.4 is 15.4 Å². The molecule has 0 fully saturated rings. The van der Waals surface area contributed by atoms with E-state index in [2.05, 4.69) is 10.6 Å². The molecule has 1 unspecified atom stereocenters. The predicted molar refractivity (Wildman–Crippen MR) is 89.9 cm³/mol. The second kappa shape index (κ2) is 8.19. The molecule has 0 saturated heterocycles. The molecule has 6 heteroatoms. The first-order valence-corrected chi connectivity index (χ1v) is 7.87. The summed E-state index contributed by atoms with van der Waals surface area (Å²) < 4.78 is 10.9. The van der Waals surface area contributed by atoms with Gasteiger partial charge in [0, 0.05) is 0 Å². The van der Waals surface area contributed by atoms with Gasteiger partial charge in [0.25, 0.3) is 5.91 Å². The van der Waals surface area contributed by atoms with E-state index in [0.29, 0.717) is 23.7 Å². The van der Waals surface area contributed by atoms with Crippen LogP contribution in [0.25, 0.3) is 0 Å². The monoisotopic (exact) mass is 330 g/mol. The number of aryl methyl sites for hydroxylation is 1. The third-order valence-corrected chi connectivity index (χ3v) is 3.41. The van der Waals surface area contributed by atoms with Gasteiger partial charge in [0.05, 0.1) is 24.8 Å². The molecule has 0 radical (unpaired) electrons. The molecule has 0 aliphatic heterocycles. The lowest BCUT2D eigenvalue weighted by molar-refractivity contribution is -0.120. The van der Waals surface area contributed by atoms with E-state index in [1.165, 1.54) is 0 Å². The molecule has 2 amide bonds. The summed E-state index contributed by atoms with van der Waals surface area (Å²) in [6.07, 6.45) is 0. The Morgan fingerprint density at radius 3 is 2.62 bits per heavy atom. The Balaban J connectivity index is 1.88. The van der Waals surface area contributed by atoms with Crippen molar-refractivity contribution in [3.8, 4) is 5.75 Å². The van der Waals surface area contributed by atoms with Gasteiger partial charge < -0.3 is 19.8 Å². The third kappa shape index (κ3) is 4.62. The van der Waals surface area contributed by atoms with Crippen LogP contribution in [0, 0.1) is 6.92 Å². The van der Waals surface area contributed by atoms with Crippen molar-refractivity contribution in [2.24, 2.45) is 0 Å². The van der Waals surface area contributed by atoms with E-state index in [1.54, 1.807) is 24.3 Å². The molecule has 1 aromatic heterocycles. The Bertz CT molecular complexity index is 709. The molecule has 2 N–H and O–H groups in total. The van der Waals surface area contributed by atoms with Gasteiger partial charge in [0.1, 0.15) is 17.3 Å². The molecule has 1 heterocycles. The van der Waals surface area contributed by atoms with E-state index >= 15 is 0 Å². The zero-order valence-electron chi connectivity index (χ0n) is 14.1. The number of carbonyl (C=O) groups is 2. The van der Waals surface area contributed by atoms with Crippen LogP contribution in [0.3, 0.4) is 0 Å². The lowest BCUT2D eigenvalue weighted by Crippen LogP contribution is -2.38. The van der Waals surface area contributed by atoms with Gasteiger partial charge in [-0.15, -0.1) is 0 Å². The second-order valence-electron chi connectivity index (χ2n) is 5.35.